The third kappa shape index (κ3) is 6.15. The van der Waals surface area contributed by atoms with Gasteiger partial charge in [-0.25, -0.2) is 0 Å². The Hall–Kier alpha value is -3.18. The highest BCUT2D eigenvalue weighted by Crippen LogP contribution is 2.21. The van der Waals surface area contributed by atoms with Crippen LogP contribution >= 0.6 is 0 Å². The number of hydrogen-bond donors (Lipinski definition) is 1. The van der Waals surface area contributed by atoms with Crippen LogP contribution in [0, 0.1) is 5.92 Å². The summed E-state index contributed by atoms with van der Waals surface area (Å²) in [4.78, 5) is 19.1. The summed E-state index contributed by atoms with van der Waals surface area (Å²) < 4.78 is 5.79. The Morgan fingerprint density at radius 1 is 1.06 bits per heavy atom. The van der Waals surface area contributed by atoms with Crippen LogP contribution in [0.5, 0.6) is 11.5 Å². The summed E-state index contributed by atoms with van der Waals surface area (Å²) in [5.74, 6) is 1.98. The van der Waals surface area contributed by atoms with Gasteiger partial charge in [0.25, 0.3) is 5.91 Å². The largest absolute Gasteiger partial charge is 0.457 e. The van der Waals surface area contributed by atoms with Crippen molar-refractivity contribution < 1.29 is 9.53 Å². The summed E-state index contributed by atoms with van der Waals surface area (Å²) in [6.45, 7) is 6.20. The molecule has 0 bridgehead atoms. The lowest BCUT2D eigenvalue weighted by Crippen LogP contribution is -2.33. The lowest BCUT2D eigenvalue weighted by molar-refractivity contribution is 0.0950. The molecule has 1 aliphatic heterocycles. The molecule has 1 N–H and O–H groups in total. The maximum absolute atomic E-state index is 12.6. The average Bonchev–Trinajstić information content (AvgIpc) is 2.79. The quantitative estimate of drug-likeness (QED) is 0.588. The van der Waals surface area contributed by atoms with Crippen molar-refractivity contribution in [3.05, 3.63) is 89.7 Å². The molecule has 4 rings (SSSR count). The van der Waals surface area contributed by atoms with Gasteiger partial charge in [0.05, 0.1) is 0 Å². The van der Waals surface area contributed by atoms with E-state index in [2.05, 4.69) is 46.4 Å². The van der Waals surface area contributed by atoms with Crippen molar-refractivity contribution in [1.29, 1.82) is 0 Å². The molecule has 2 aromatic carbocycles. The number of carbonyl (C=O) groups excluding carboxylic acids is 1. The summed E-state index contributed by atoms with van der Waals surface area (Å²) in [5, 5.41) is 3.00. The Kier molecular flexibility index (Phi) is 6.95. The zero-order chi connectivity index (χ0) is 21.5. The molecular weight excluding hydrogens is 386 g/mol. The smallest absolute Gasteiger partial charge is 0.251 e. The SMILES string of the molecule is CC1CCCN(Cc2ccc(CNC(=O)c3cccc(Oc4ccncc4)c3)cc2)C1. The topological polar surface area (TPSA) is 54.5 Å². The zero-order valence-corrected chi connectivity index (χ0v) is 18.0. The number of rotatable bonds is 7. The minimum absolute atomic E-state index is 0.119. The predicted molar refractivity (Wildman–Crippen MR) is 122 cm³/mol. The molecule has 2 heterocycles. The first-order valence-electron chi connectivity index (χ1n) is 10.9. The normalized spacial score (nSPS) is 16.6. The lowest BCUT2D eigenvalue weighted by Gasteiger charge is -2.30. The van der Waals surface area contributed by atoms with Crippen molar-refractivity contribution in [2.24, 2.45) is 5.92 Å². The number of nitrogens with zero attached hydrogens (tertiary/aromatic N) is 2. The van der Waals surface area contributed by atoms with E-state index in [-0.39, 0.29) is 5.91 Å². The second kappa shape index (κ2) is 10.2. The fraction of sp³-hybridized carbons (Fsp3) is 0.308. The molecule has 160 valence electrons. The Morgan fingerprint density at radius 2 is 1.84 bits per heavy atom. The number of aromatic nitrogens is 1. The average molecular weight is 416 g/mol. The first kappa shape index (κ1) is 21.1. The van der Waals surface area contributed by atoms with Crippen LogP contribution in [-0.2, 0) is 13.1 Å². The molecule has 3 aromatic rings. The molecular formula is C26H29N3O2. The van der Waals surface area contributed by atoms with E-state index in [1.165, 1.54) is 31.5 Å². The first-order chi connectivity index (χ1) is 15.2. The highest BCUT2D eigenvalue weighted by atomic mass is 16.5. The molecule has 1 aromatic heterocycles. The fourth-order valence-electron chi connectivity index (χ4n) is 3.98. The summed E-state index contributed by atoms with van der Waals surface area (Å²) in [5.41, 5.74) is 2.99. The van der Waals surface area contributed by atoms with Gasteiger partial charge in [0.15, 0.2) is 0 Å². The number of hydrogen-bond acceptors (Lipinski definition) is 4. The predicted octanol–water partition coefficient (Wildman–Crippen LogP) is 5.04. The Balaban J connectivity index is 1.30. The Labute approximate surface area is 184 Å². The van der Waals surface area contributed by atoms with Crippen LogP contribution in [0.2, 0.25) is 0 Å². The highest BCUT2D eigenvalue weighted by molar-refractivity contribution is 5.94. The maximum atomic E-state index is 12.6. The molecule has 0 aliphatic carbocycles. The molecule has 31 heavy (non-hydrogen) atoms. The van der Waals surface area contributed by atoms with E-state index in [4.69, 9.17) is 4.74 Å². The van der Waals surface area contributed by atoms with E-state index in [1.807, 2.05) is 12.1 Å². The minimum atomic E-state index is -0.119. The number of likely N-dealkylation sites (tertiary alicyclic amines) is 1. The monoisotopic (exact) mass is 415 g/mol. The lowest BCUT2D eigenvalue weighted by atomic mass is 9.99. The number of carbonyl (C=O) groups is 1. The van der Waals surface area contributed by atoms with Crippen LogP contribution in [-0.4, -0.2) is 28.9 Å². The van der Waals surface area contributed by atoms with Gasteiger partial charge in [-0.2, -0.15) is 0 Å². The zero-order valence-electron chi connectivity index (χ0n) is 18.0. The third-order valence-corrected chi connectivity index (χ3v) is 5.61. The van der Waals surface area contributed by atoms with Crippen LogP contribution in [0.1, 0.15) is 41.3 Å². The van der Waals surface area contributed by atoms with Crippen molar-refractivity contribution in [3.8, 4) is 11.5 Å². The summed E-state index contributed by atoms with van der Waals surface area (Å²) >= 11 is 0. The molecule has 0 saturated carbocycles. The minimum Gasteiger partial charge on any atom is -0.457 e. The first-order valence-corrected chi connectivity index (χ1v) is 10.9. The number of amides is 1. The molecule has 1 unspecified atom stereocenters. The van der Waals surface area contributed by atoms with Gasteiger partial charge < -0.3 is 10.1 Å². The van der Waals surface area contributed by atoms with E-state index in [9.17, 15) is 4.79 Å². The summed E-state index contributed by atoms with van der Waals surface area (Å²) in [6, 6.07) is 19.3. The van der Waals surface area contributed by atoms with Gasteiger partial charge in [-0.1, -0.05) is 37.3 Å². The maximum Gasteiger partial charge on any atom is 0.251 e. The number of benzene rings is 2. The number of pyridine rings is 1. The summed E-state index contributed by atoms with van der Waals surface area (Å²) in [6.07, 6.45) is 5.97. The number of nitrogens with one attached hydrogen (secondary N) is 1. The second-order valence-electron chi connectivity index (χ2n) is 8.29. The summed E-state index contributed by atoms with van der Waals surface area (Å²) in [7, 11) is 0. The molecule has 0 radical (unpaired) electrons. The van der Waals surface area contributed by atoms with E-state index in [0.29, 0.717) is 23.6 Å². The molecule has 1 atom stereocenters. The van der Waals surface area contributed by atoms with Crippen molar-refractivity contribution in [1.82, 2.24) is 15.2 Å². The van der Waals surface area contributed by atoms with E-state index in [0.717, 1.165) is 18.0 Å². The van der Waals surface area contributed by atoms with Gasteiger partial charge in [-0.3, -0.25) is 14.7 Å². The van der Waals surface area contributed by atoms with Gasteiger partial charge >= 0.3 is 0 Å². The van der Waals surface area contributed by atoms with Gasteiger partial charge in [0.1, 0.15) is 11.5 Å². The van der Waals surface area contributed by atoms with E-state index in [1.54, 1.807) is 36.7 Å². The molecule has 0 spiro atoms. The molecule has 1 aliphatic rings. The Bertz CT molecular complexity index is 989. The van der Waals surface area contributed by atoms with Crippen LogP contribution in [0.15, 0.2) is 73.1 Å². The molecule has 5 heteroatoms. The third-order valence-electron chi connectivity index (χ3n) is 5.61. The van der Waals surface area contributed by atoms with E-state index < -0.39 is 0 Å². The number of piperidine rings is 1. The molecule has 5 nitrogen and oxygen atoms in total. The van der Waals surface area contributed by atoms with Gasteiger partial charge in [0, 0.05) is 37.6 Å². The molecule has 1 amide bonds. The molecule has 1 fully saturated rings. The van der Waals surface area contributed by atoms with Crippen LogP contribution in [0.25, 0.3) is 0 Å². The van der Waals surface area contributed by atoms with Crippen LogP contribution in [0.3, 0.4) is 0 Å². The highest BCUT2D eigenvalue weighted by Gasteiger charge is 2.16. The Morgan fingerprint density at radius 3 is 2.61 bits per heavy atom. The van der Waals surface area contributed by atoms with Crippen LogP contribution < -0.4 is 10.1 Å². The van der Waals surface area contributed by atoms with Crippen LogP contribution in [0.4, 0.5) is 0 Å². The van der Waals surface area contributed by atoms with Crippen molar-refractivity contribution in [3.63, 3.8) is 0 Å². The second-order valence-corrected chi connectivity index (χ2v) is 8.29. The van der Waals surface area contributed by atoms with Crippen molar-refractivity contribution >= 4 is 5.91 Å². The van der Waals surface area contributed by atoms with Gasteiger partial charge in [-0.15, -0.1) is 0 Å². The molecule has 1 saturated heterocycles. The standard InChI is InChI=1S/C26H29N3O2/c1-20-4-3-15-29(18-20)19-22-9-7-21(8-10-22)17-28-26(30)23-5-2-6-25(16-23)31-24-11-13-27-14-12-24/h2,5-14,16,20H,3-4,15,17-19H2,1H3,(H,28,30). The fourth-order valence-corrected chi connectivity index (χ4v) is 3.98. The number of ether oxygens (including phenoxy) is 1. The van der Waals surface area contributed by atoms with Gasteiger partial charge in [0.2, 0.25) is 0 Å². The van der Waals surface area contributed by atoms with Crippen molar-refractivity contribution in [2.45, 2.75) is 32.9 Å². The van der Waals surface area contributed by atoms with E-state index >= 15 is 0 Å². The van der Waals surface area contributed by atoms with Gasteiger partial charge in [-0.05, 0) is 66.8 Å². The van der Waals surface area contributed by atoms with Crippen molar-refractivity contribution in [2.75, 3.05) is 13.1 Å².